The molecule has 2 atom stereocenters. The molecular formula is C21H26F3NO. The van der Waals surface area contributed by atoms with Crippen LogP contribution >= 0.6 is 0 Å². The molecule has 0 radical (unpaired) electrons. The maximum absolute atomic E-state index is 12.8. The lowest BCUT2D eigenvalue weighted by molar-refractivity contribution is -0.137. The van der Waals surface area contributed by atoms with Gasteiger partial charge in [0, 0.05) is 5.69 Å². The number of para-hydroxylation sites is 1. The van der Waals surface area contributed by atoms with Crippen LogP contribution in [0.2, 0.25) is 0 Å². The highest BCUT2D eigenvalue weighted by Crippen LogP contribution is 2.31. The van der Waals surface area contributed by atoms with Crippen molar-refractivity contribution in [3.05, 3.63) is 59.7 Å². The molecule has 142 valence electrons. The number of alkyl halides is 3. The van der Waals surface area contributed by atoms with E-state index in [1.807, 2.05) is 25.1 Å². The zero-order valence-corrected chi connectivity index (χ0v) is 15.4. The Bertz CT molecular complexity index is 700. The fraction of sp³-hybridized carbons (Fsp3) is 0.429. The Hall–Kier alpha value is -2.17. The van der Waals surface area contributed by atoms with Crippen LogP contribution in [-0.4, -0.2) is 12.6 Å². The van der Waals surface area contributed by atoms with E-state index in [0.29, 0.717) is 18.2 Å². The Morgan fingerprint density at radius 3 is 2.38 bits per heavy atom. The Balaban J connectivity index is 2.05. The predicted octanol–water partition coefficient (Wildman–Crippen LogP) is 6.49. The summed E-state index contributed by atoms with van der Waals surface area (Å²) in [6.07, 6.45) is -2.71. The van der Waals surface area contributed by atoms with Gasteiger partial charge in [-0.3, -0.25) is 0 Å². The zero-order chi connectivity index (χ0) is 19.2. The quantitative estimate of drug-likeness (QED) is 0.577. The summed E-state index contributed by atoms with van der Waals surface area (Å²) in [6.45, 7) is 6.73. The highest BCUT2D eigenvalue weighted by atomic mass is 19.4. The molecule has 0 bridgehead atoms. The SMILES string of the molecule is CC[C@@H](CNc1cccc(C(F)(F)F)c1)Oc1ccccc1[C@@H](C)CC. The maximum Gasteiger partial charge on any atom is 0.416 e. The molecule has 0 aliphatic carbocycles. The molecule has 0 unspecified atom stereocenters. The standard InChI is InChI=1S/C21H26F3NO/c1-4-15(3)19-11-6-7-12-20(19)26-18(5-2)14-25-17-10-8-9-16(13-17)21(22,23)24/h6-13,15,18,25H,4-5,14H2,1-3H3/t15-,18-/m0/s1. The van der Waals surface area contributed by atoms with Crippen molar-refractivity contribution in [2.45, 2.75) is 51.8 Å². The molecule has 0 heterocycles. The van der Waals surface area contributed by atoms with Crippen LogP contribution in [0.15, 0.2) is 48.5 Å². The number of rotatable bonds is 8. The summed E-state index contributed by atoms with van der Waals surface area (Å²) >= 11 is 0. The Morgan fingerprint density at radius 2 is 1.73 bits per heavy atom. The average molecular weight is 365 g/mol. The summed E-state index contributed by atoms with van der Waals surface area (Å²) in [7, 11) is 0. The third-order valence-corrected chi connectivity index (χ3v) is 4.54. The van der Waals surface area contributed by atoms with Gasteiger partial charge in [0.05, 0.1) is 12.1 Å². The van der Waals surface area contributed by atoms with Crippen molar-refractivity contribution in [1.82, 2.24) is 0 Å². The Kier molecular flexibility index (Phi) is 6.95. The first-order valence-electron chi connectivity index (χ1n) is 9.01. The molecule has 0 fully saturated rings. The Morgan fingerprint density at radius 1 is 1.00 bits per heavy atom. The maximum atomic E-state index is 12.8. The van der Waals surface area contributed by atoms with Crippen LogP contribution in [0.1, 0.15) is 50.7 Å². The van der Waals surface area contributed by atoms with Crippen molar-refractivity contribution in [2.24, 2.45) is 0 Å². The minimum Gasteiger partial charge on any atom is -0.488 e. The van der Waals surface area contributed by atoms with Crippen LogP contribution in [0.4, 0.5) is 18.9 Å². The van der Waals surface area contributed by atoms with Crippen LogP contribution < -0.4 is 10.1 Å². The van der Waals surface area contributed by atoms with Gasteiger partial charge in [0.25, 0.3) is 0 Å². The number of hydrogen-bond acceptors (Lipinski definition) is 2. The molecular weight excluding hydrogens is 339 g/mol. The van der Waals surface area contributed by atoms with E-state index in [1.54, 1.807) is 6.07 Å². The number of hydrogen-bond donors (Lipinski definition) is 1. The highest BCUT2D eigenvalue weighted by molar-refractivity contribution is 5.46. The van der Waals surface area contributed by atoms with E-state index in [4.69, 9.17) is 4.74 Å². The summed E-state index contributed by atoms with van der Waals surface area (Å²) in [5.41, 5.74) is 0.947. The van der Waals surface area contributed by atoms with Gasteiger partial charge in [0.2, 0.25) is 0 Å². The monoisotopic (exact) mass is 365 g/mol. The van der Waals surface area contributed by atoms with Gasteiger partial charge in [0.1, 0.15) is 11.9 Å². The average Bonchev–Trinajstić information content (AvgIpc) is 2.64. The summed E-state index contributed by atoms with van der Waals surface area (Å²) in [4.78, 5) is 0. The first-order valence-corrected chi connectivity index (χ1v) is 9.01. The number of anilines is 1. The van der Waals surface area contributed by atoms with Gasteiger partial charge < -0.3 is 10.1 Å². The molecule has 0 saturated heterocycles. The molecule has 2 aromatic carbocycles. The van der Waals surface area contributed by atoms with Crippen LogP contribution in [0.25, 0.3) is 0 Å². The zero-order valence-electron chi connectivity index (χ0n) is 15.4. The lowest BCUT2D eigenvalue weighted by Gasteiger charge is -2.22. The van der Waals surface area contributed by atoms with Gasteiger partial charge >= 0.3 is 6.18 Å². The fourth-order valence-corrected chi connectivity index (χ4v) is 2.70. The summed E-state index contributed by atoms with van der Waals surface area (Å²) in [6, 6.07) is 13.2. The molecule has 0 amide bonds. The molecule has 0 saturated carbocycles. The van der Waals surface area contributed by atoms with Crippen molar-refractivity contribution < 1.29 is 17.9 Å². The van der Waals surface area contributed by atoms with Gasteiger partial charge in [0.15, 0.2) is 0 Å². The van der Waals surface area contributed by atoms with Crippen molar-refractivity contribution >= 4 is 5.69 Å². The molecule has 0 aliphatic rings. The van der Waals surface area contributed by atoms with Crippen LogP contribution in [0.3, 0.4) is 0 Å². The minimum absolute atomic E-state index is 0.130. The third kappa shape index (κ3) is 5.41. The second kappa shape index (κ2) is 8.97. The van der Waals surface area contributed by atoms with Gasteiger partial charge in [-0.2, -0.15) is 13.2 Å². The molecule has 1 N–H and O–H groups in total. The summed E-state index contributed by atoms with van der Waals surface area (Å²) in [5.74, 6) is 1.24. The molecule has 2 rings (SSSR count). The van der Waals surface area contributed by atoms with Gasteiger partial charge in [-0.1, -0.05) is 45.0 Å². The van der Waals surface area contributed by atoms with Gasteiger partial charge in [-0.05, 0) is 48.6 Å². The van der Waals surface area contributed by atoms with Crippen molar-refractivity contribution in [3.8, 4) is 5.75 Å². The number of benzene rings is 2. The van der Waals surface area contributed by atoms with E-state index < -0.39 is 11.7 Å². The number of halogens is 3. The lowest BCUT2D eigenvalue weighted by Crippen LogP contribution is -2.26. The number of nitrogens with one attached hydrogen (secondary N) is 1. The Labute approximate surface area is 153 Å². The number of ether oxygens (including phenoxy) is 1. The van der Waals surface area contributed by atoms with Crippen molar-refractivity contribution in [2.75, 3.05) is 11.9 Å². The van der Waals surface area contributed by atoms with E-state index in [0.717, 1.165) is 36.3 Å². The molecule has 0 aliphatic heterocycles. The molecule has 26 heavy (non-hydrogen) atoms. The molecule has 2 aromatic rings. The smallest absolute Gasteiger partial charge is 0.416 e. The van der Waals surface area contributed by atoms with Crippen molar-refractivity contribution in [3.63, 3.8) is 0 Å². The second-order valence-corrected chi connectivity index (χ2v) is 6.45. The topological polar surface area (TPSA) is 21.3 Å². The van der Waals surface area contributed by atoms with E-state index in [-0.39, 0.29) is 6.10 Å². The first kappa shape index (κ1) is 20.1. The molecule has 2 nitrogen and oxygen atoms in total. The van der Waals surface area contributed by atoms with Crippen LogP contribution in [-0.2, 0) is 6.18 Å². The van der Waals surface area contributed by atoms with E-state index in [9.17, 15) is 13.2 Å². The largest absolute Gasteiger partial charge is 0.488 e. The second-order valence-electron chi connectivity index (χ2n) is 6.45. The van der Waals surface area contributed by atoms with Gasteiger partial charge in [-0.15, -0.1) is 0 Å². The summed E-state index contributed by atoms with van der Waals surface area (Å²) < 4.78 is 44.6. The van der Waals surface area contributed by atoms with Gasteiger partial charge in [-0.25, -0.2) is 0 Å². The normalized spacial score (nSPS) is 13.9. The minimum atomic E-state index is -4.34. The summed E-state index contributed by atoms with van der Waals surface area (Å²) in [5, 5.41) is 3.07. The fourth-order valence-electron chi connectivity index (χ4n) is 2.70. The predicted molar refractivity (Wildman–Crippen MR) is 99.8 cm³/mol. The first-order chi connectivity index (χ1) is 12.3. The molecule has 5 heteroatoms. The van der Waals surface area contributed by atoms with E-state index in [2.05, 4.69) is 25.2 Å². The highest BCUT2D eigenvalue weighted by Gasteiger charge is 2.30. The van der Waals surface area contributed by atoms with Crippen LogP contribution in [0.5, 0.6) is 5.75 Å². The van der Waals surface area contributed by atoms with Crippen LogP contribution in [0, 0.1) is 0 Å². The lowest BCUT2D eigenvalue weighted by atomic mass is 9.98. The third-order valence-electron chi connectivity index (χ3n) is 4.54. The molecule has 0 aromatic heterocycles. The van der Waals surface area contributed by atoms with E-state index in [1.165, 1.54) is 6.07 Å². The van der Waals surface area contributed by atoms with E-state index >= 15 is 0 Å². The molecule has 0 spiro atoms. The van der Waals surface area contributed by atoms with Crippen molar-refractivity contribution in [1.29, 1.82) is 0 Å².